The number of anilines is 3. The largest absolute Gasteiger partial charge is 0.314 e. The molecule has 0 N–H and O–H groups in total. The van der Waals surface area contributed by atoms with Crippen molar-refractivity contribution < 1.29 is 0 Å². The first-order valence-electron chi connectivity index (χ1n) is 18.6. The van der Waals surface area contributed by atoms with E-state index in [9.17, 15) is 0 Å². The Morgan fingerprint density at radius 1 is 0.315 bits per heavy atom. The molecule has 9 rings (SSSR count). The van der Waals surface area contributed by atoms with Gasteiger partial charge in [0, 0.05) is 33.8 Å². The summed E-state index contributed by atoms with van der Waals surface area (Å²) in [7, 11) is 0. The van der Waals surface area contributed by atoms with Gasteiger partial charge in [-0.3, -0.25) is 0 Å². The number of aryl methyl sites for hydroxylation is 1. The summed E-state index contributed by atoms with van der Waals surface area (Å²) in [6.45, 7) is 4.42. The molecule has 54 heavy (non-hydrogen) atoms. The lowest BCUT2D eigenvalue weighted by Gasteiger charge is -2.26. The van der Waals surface area contributed by atoms with Crippen LogP contribution in [0.5, 0.6) is 0 Å². The van der Waals surface area contributed by atoms with E-state index in [4.69, 9.17) is 0 Å². The molecule has 0 saturated carbocycles. The summed E-state index contributed by atoms with van der Waals surface area (Å²) in [4.78, 5) is 2.34. The van der Waals surface area contributed by atoms with Crippen molar-refractivity contribution in [3.8, 4) is 50.2 Å². The number of nitrogens with zero attached hydrogens (tertiary/aromatic N) is 2. The summed E-state index contributed by atoms with van der Waals surface area (Å²) in [5.41, 5.74) is 18.0. The smallest absolute Gasteiger partial charge is 0.0534 e. The normalized spacial score (nSPS) is 11.1. The quantitative estimate of drug-likeness (QED) is 0.154. The molecule has 0 spiro atoms. The number of benzene rings is 8. The van der Waals surface area contributed by atoms with Crippen LogP contribution in [0.15, 0.2) is 206 Å². The van der Waals surface area contributed by atoms with Crippen LogP contribution in [0, 0.1) is 13.8 Å². The third-order valence-corrected chi connectivity index (χ3v) is 10.7. The fourth-order valence-corrected chi connectivity index (χ4v) is 7.64. The Morgan fingerprint density at radius 3 is 1.04 bits per heavy atom. The molecule has 2 heteroatoms. The minimum Gasteiger partial charge on any atom is -0.314 e. The van der Waals surface area contributed by atoms with E-state index in [-0.39, 0.29) is 0 Å². The van der Waals surface area contributed by atoms with Crippen LogP contribution in [0.25, 0.3) is 61.1 Å². The van der Waals surface area contributed by atoms with Gasteiger partial charge in [-0.05, 0) is 119 Å². The van der Waals surface area contributed by atoms with E-state index in [1.54, 1.807) is 0 Å². The second-order valence-electron chi connectivity index (χ2n) is 13.9. The summed E-state index contributed by atoms with van der Waals surface area (Å²) in [6, 6.07) is 74.3. The van der Waals surface area contributed by atoms with Crippen LogP contribution < -0.4 is 4.90 Å². The first kappa shape index (κ1) is 33.0. The van der Waals surface area contributed by atoms with Gasteiger partial charge in [-0.15, -0.1) is 0 Å². The molecule has 0 radical (unpaired) electrons. The summed E-state index contributed by atoms with van der Waals surface area (Å²) in [5, 5.41) is 1.31. The fraction of sp³-hybridized carbons (Fsp3) is 0.0385. The molecule has 0 atom stereocenters. The van der Waals surface area contributed by atoms with E-state index in [0.29, 0.717) is 0 Å². The first-order valence-corrected chi connectivity index (χ1v) is 18.6. The number of fused-ring (bicyclic) bond motifs is 1. The summed E-state index contributed by atoms with van der Waals surface area (Å²) < 4.78 is 2.36. The van der Waals surface area contributed by atoms with Crippen molar-refractivity contribution >= 4 is 28.0 Å². The minimum absolute atomic E-state index is 1.10. The van der Waals surface area contributed by atoms with Crippen LogP contribution in [0.1, 0.15) is 11.3 Å². The molecule has 0 bridgehead atoms. The number of hydrogen-bond donors (Lipinski definition) is 0. The van der Waals surface area contributed by atoms with Crippen LogP contribution >= 0.6 is 0 Å². The molecule has 0 aliphatic rings. The van der Waals surface area contributed by atoms with Crippen molar-refractivity contribution in [1.29, 1.82) is 0 Å². The molecule has 9 aromatic rings. The van der Waals surface area contributed by atoms with E-state index in [1.165, 1.54) is 72.4 Å². The highest BCUT2D eigenvalue weighted by Gasteiger charge is 2.15. The summed E-state index contributed by atoms with van der Waals surface area (Å²) in [5.74, 6) is 0. The molecule has 258 valence electrons. The van der Waals surface area contributed by atoms with Crippen molar-refractivity contribution in [2.75, 3.05) is 4.90 Å². The standard InChI is InChI=1S/C52H40N2/c1-37-38(2)53(52-16-10-9-15-51(37)52)47-29-21-45(22-30-47)46-27-35-50(36-28-46)54(48-31-23-43(24-32-48)40-13-7-4-8-14-40)49-33-25-44(26-34-49)42-19-17-41(18-20-42)39-11-5-3-6-12-39/h3-36H,1-2H3. The maximum Gasteiger partial charge on any atom is 0.0534 e. The van der Waals surface area contributed by atoms with Crippen molar-refractivity contribution in [3.05, 3.63) is 218 Å². The lowest BCUT2D eigenvalue weighted by Crippen LogP contribution is -2.09. The molecule has 8 aromatic carbocycles. The van der Waals surface area contributed by atoms with E-state index >= 15 is 0 Å². The minimum atomic E-state index is 1.10. The van der Waals surface area contributed by atoms with Crippen molar-refractivity contribution in [2.45, 2.75) is 13.8 Å². The van der Waals surface area contributed by atoms with Crippen LogP contribution in [0.2, 0.25) is 0 Å². The lowest BCUT2D eigenvalue weighted by atomic mass is 10.00. The zero-order valence-electron chi connectivity index (χ0n) is 30.5. The predicted octanol–water partition coefficient (Wildman–Crippen LogP) is 14.4. The average molecular weight is 693 g/mol. The predicted molar refractivity (Wildman–Crippen MR) is 229 cm³/mol. The number of aromatic nitrogens is 1. The first-order chi connectivity index (χ1) is 26.6. The molecule has 0 aliphatic carbocycles. The highest BCUT2D eigenvalue weighted by atomic mass is 15.1. The van der Waals surface area contributed by atoms with Gasteiger partial charge in [-0.25, -0.2) is 0 Å². The second kappa shape index (κ2) is 14.3. The molecule has 0 amide bonds. The van der Waals surface area contributed by atoms with Gasteiger partial charge < -0.3 is 9.47 Å². The fourth-order valence-electron chi connectivity index (χ4n) is 7.64. The van der Waals surface area contributed by atoms with Gasteiger partial charge in [0.05, 0.1) is 5.52 Å². The SMILES string of the molecule is Cc1c(C)n(-c2ccc(-c3ccc(N(c4ccc(-c5ccccc5)cc4)c4ccc(-c5ccc(-c6ccccc6)cc5)cc4)cc3)cc2)c2ccccc12. The molecule has 2 nitrogen and oxygen atoms in total. The highest BCUT2D eigenvalue weighted by molar-refractivity contribution is 5.87. The van der Waals surface area contributed by atoms with Crippen LogP contribution in [-0.2, 0) is 0 Å². The average Bonchev–Trinajstić information content (AvgIpc) is 3.51. The van der Waals surface area contributed by atoms with Crippen LogP contribution in [-0.4, -0.2) is 4.57 Å². The molecule has 0 saturated heterocycles. The highest BCUT2D eigenvalue weighted by Crippen LogP contribution is 2.38. The maximum absolute atomic E-state index is 2.36. The summed E-state index contributed by atoms with van der Waals surface area (Å²) in [6.07, 6.45) is 0. The maximum atomic E-state index is 2.36. The zero-order chi connectivity index (χ0) is 36.4. The molecular formula is C52H40N2. The Morgan fingerprint density at radius 2 is 0.630 bits per heavy atom. The van der Waals surface area contributed by atoms with Gasteiger partial charge in [-0.1, -0.05) is 152 Å². The molecule has 0 unspecified atom stereocenters. The third kappa shape index (κ3) is 6.29. The van der Waals surface area contributed by atoms with Gasteiger partial charge in [0.2, 0.25) is 0 Å². The third-order valence-electron chi connectivity index (χ3n) is 10.7. The lowest BCUT2D eigenvalue weighted by molar-refractivity contribution is 1.04. The molecular weight excluding hydrogens is 653 g/mol. The van der Waals surface area contributed by atoms with Gasteiger partial charge in [0.25, 0.3) is 0 Å². The van der Waals surface area contributed by atoms with Crippen molar-refractivity contribution in [1.82, 2.24) is 4.57 Å². The Balaban J connectivity index is 1.03. The van der Waals surface area contributed by atoms with E-state index in [1.807, 2.05) is 0 Å². The molecule has 1 heterocycles. The summed E-state index contributed by atoms with van der Waals surface area (Å²) >= 11 is 0. The number of rotatable bonds is 8. The zero-order valence-corrected chi connectivity index (χ0v) is 30.5. The van der Waals surface area contributed by atoms with Crippen molar-refractivity contribution in [2.24, 2.45) is 0 Å². The monoisotopic (exact) mass is 692 g/mol. The number of hydrogen-bond acceptors (Lipinski definition) is 1. The Bertz CT molecular complexity index is 2650. The van der Waals surface area contributed by atoms with E-state index < -0.39 is 0 Å². The topological polar surface area (TPSA) is 8.17 Å². The van der Waals surface area contributed by atoms with E-state index in [0.717, 1.165) is 17.1 Å². The van der Waals surface area contributed by atoms with E-state index in [2.05, 4.69) is 230 Å². The van der Waals surface area contributed by atoms with Gasteiger partial charge in [-0.2, -0.15) is 0 Å². The van der Waals surface area contributed by atoms with Gasteiger partial charge in [0.1, 0.15) is 0 Å². The Hall–Kier alpha value is -6.90. The molecule has 1 aromatic heterocycles. The van der Waals surface area contributed by atoms with Crippen LogP contribution in [0.3, 0.4) is 0 Å². The Kier molecular flexibility index (Phi) is 8.70. The molecule has 0 fully saturated rings. The van der Waals surface area contributed by atoms with Crippen molar-refractivity contribution in [3.63, 3.8) is 0 Å². The van der Waals surface area contributed by atoms with Crippen LogP contribution in [0.4, 0.5) is 17.1 Å². The number of para-hydroxylation sites is 1. The molecule has 0 aliphatic heterocycles. The Labute approximate surface area is 317 Å². The second-order valence-corrected chi connectivity index (χ2v) is 13.9. The van der Waals surface area contributed by atoms with Gasteiger partial charge in [0.15, 0.2) is 0 Å². The van der Waals surface area contributed by atoms with Gasteiger partial charge >= 0.3 is 0 Å².